The molecule has 2 rings (SSSR count). The summed E-state index contributed by atoms with van der Waals surface area (Å²) < 4.78 is 12.2. The number of hydrogen-bond acceptors (Lipinski definition) is 5. The molecule has 1 amide bonds. The van der Waals surface area contributed by atoms with Crippen LogP contribution in [0, 0.1) is 0 Å². The summed E-state index contributed by atoms with van der Waals surface area (Å²) in [5.41, 5.74) is 0.363. The molecule has 6 nitrogen and oxygen atoms in total. The van der Waals surface area contributed by atoms with Crippen LogP contribution in [0.5, 0.6) is 0 Å². The molecule has 0 unspecified atom stereocenters. The van der Waals surface area contributed by atoms with Crippen molar-refractivity contribution in [1.29, 1.82) is 0 Å². The highest BCUT2D eigenvalue weighted by atomic mass is 31.2. The molecule has 0 bridgehead atoms. The van der Waals surface area contributed by atoms with Crippen molar-refractivity contribution in [2.75, 3.05) is 19.9 Å². The Morgan fingerprint density at radius 3 is 2.50 bits per heavy atom. The molecule has 0 aliphatic heterocycles. The van der Waals surface area contributed by atoms with E-state index < -0.39 is 14.3 Å². The molecular formula is C14H19BNO5P. The molecule has 22 heavy (non-hydrogen) atoms. The fourth-order valence-corrected chi connectivity index (χ4v) is 4.10. The molecule has 1 aliphatic rings. The van der Waals surface area contributed by atoms with Gasteiger partial charge in [0.25, 0.3) is 5.91 Å². The number of nitrogens with one attached hydrogen (secondary N) is 1. The predicted molar refractivity (Wildman–Crippen MR) is 85.4 cm³/mol. The van der Waals surface area contributed by atoms with E-state index in [9.17, 15) is 14.2 Å². The molecule has 1 aromatic carbocycles. The zero-order chi connectivity index (χ0) is 16.5. The molecule has 0 spiro atoms. The summed E-state index contributed by atoms with van der Waals surface area (Å²) in [4.78, 5) is 23.1. The quantitative estimate of drug-likeness (QED) is 0.390. The number of rotatable bonds is 6. The van der Waals surface area contributed by atoms with E-state index in [1.807, 2.05) is 0 Å². The summed E-state index contributed by atoms with van der Waals surface area (Å²) in [5.74, 6) is -0.373. The van der Waals surface area contributed by atoms with Crippen LogP contribution in [0.2, 0.25) is 0 Å². The minimum Gasteiger partial charge on any atom is -0.423 e. The van der Waals surface area contributed by atoms with Crippen molar-refractivity contribution in [1.82, 2.24) is 5.32 Å². The molecule has 1 aromatic rings. The number of benzene rings is 1. The maximum absolute atomic E-state index is 12.2. The summed E-state index contributed by atoms with van der Waals surface area (Å²) in [6.07, 6.45) is 2.15. The lowest BCUT2D eigenvalue weighted by Gasteiger charge is -2.20. The van der Waals surface area contributed by atoms with Gasteiger partial charge in [-0.15, -0.1) is 0 Å². The number of aldehydes is 1. The Balaban J connectivity index is 2.11. The zero-order valence-corrected chi connectivity index (χ0v) is 13.5. The van der Waals surface area contributed by atoms with Crippen LogP contribution in [0.25, 0.3) is 0 Å². The van der Waals surface area contributed by atoms with E-state index in [1.165, 1.54) is 18.2 Å². The second-order valence-electron chi connectivity index (χ2n) is 6.09. The third kappa shape index (κ3) is 3.32. The molecule has 8 heteroatoms. The molecule has 1 aliphatic carbocycles. The van der Waals surface area contributed by atoms with Crippen molar-refractivity contribution >= 4 is 31.9 Å². The van der Waals surface area contributed by atoms with Crippen molar-refractivity contribution < 1.29 is 24.2 Å². The molecule has 0 saturated heterocycles. The first-order chi connectivity index (χ1) is 10.2. The van der Waals surface area contributed by atoms with Gasteiger partial charge in [-0.1, -0.05) is 6.07 Å². The van der Waals surface area contributed by atoms with Gasteiger partial charge in [0.2, 0.25) is 0 Å². The normalized spacial score (nSPS) is 16.0. The summed E-state index contributed by atoms with van der Waals surface area (Å²) in [7, 11) is -4.04. The lowest BCUT2D eigenvalue weighted by Crippen LogP contribution is -2.35. The average Bonchev–Trinajstić information content (AvgIpc) is 3.24. The Morgan fingerprint density at radius 1 is 1.41 bits per heavy atom. The molecule has 3 N–H and O–H groups in total. The standard InChI is InChI=1S/C14H19BNO5P/c1-22(2,21)14(5-6-14)9-16-13(18)10-3-4-12(15(19)20)11(7-10)8-17/h3-4,7-8,19-20H,5-6,9H2,1-2H3,(H,16,18). The first-order valence-corrected chi connectivity index (χ1v) is 9.59. The molecule has 1 saturated carbocycles. The third-order valence-corrected chi connectivity index (χ3v) is 7.19. The van der Waals surface area contributed by atoms with Crippen LogP contribution in [0.3, 0.4) is 0 Å². The summed E-state index contributed by atoms with van der Waals surface area (Å²) >= 11 is 0. The van der Waals surface area contributed by atoms with Crippen LogP contribution in [-0.4, -0.2) is 54.4 Å². The number of carbonyl (C=O) groups is 2. The Labute approximate surface area is 129 Å². The van der Waals surface area contributed by atoms with E-state index in [4.69, 9.17) is 10.0 Å². The second-order valence-corrected chi connectivity index (χ2v) is 9.74. The van der Waals surface area contributed by atoms with E-state index in [-0.39, 0.29) is 27.7 Å². The van der Waals surface area contributed by atoms with Crippen LogP contribution in [-0.2, 0) is 4.57 Å². The summed E-state index contributed by atoms with van der Waals surface area (Å²) in [5, 5.41) is 20.7. The van der Waals surface area contributed by atoms with E-state index >= 15 is 0 Å². The highest BCUT2D eigenvalue weighted by molar-refractivity contribution is 7.64. The van der Waals surface area contributed by atoms with E-state index in [1.54, 1.807) is 13.3 Å². The smallest absolute Gasteiger partial charge is 0.423 e. The van der Waals surface area contributed by atoms with Gasteiger partial charge in [0, 0.05) is 22.8 Å². The largest absolute Gasteiger partial charge is 0.489 e. The Hall–Kier alpha value is -1.43. The maximum atomic E-state index is 12.2. The van der Waals surface area contributed by atoms with Crippen molar-refractivity contribution in [2.45, 2.75) is 18.0 Å². The van der Waals surface area contributed by atoms with E-state index in [0.29, 0.717) is 12.8 Å². The van der Waals surface area contributed by atoms with Gasteiger partial charge in [0.1, 0.15) is 6.29 Å². The lowest BCUT2D eigenvalue weighted by molar-refractivity contribution is 0.0952. The highest BCUT2D eigenvalue weighted by Gasteiger charge is 2.52. The zero-order valence-electron chi connectivity index (χ0n) is 12.6. The maximum Gasteiger partial charge on any atom is 0.489 e. The third-order valence-electron chi connectivity index (χ3n) is 4.30. The van der Waals surface area contributed by atoms with Crippen LogP contribution in [0.15, 0.2) is 18.2 Å². The van der Waals surface area contributed by atoms with Crippen molar-refractivity contribution in [3.05, 3.63) is 29.3 Å². The number of amides is 1. The van der Waals surface area contributed by atoms with Crippen molar-refractivity contribution in [3.63, 3.8) is 0 Å². The SMILES string of the molecule is CP(C)(=O)C1(CNC(=O)c2ccc(B(O)O)c(C=O)c2)CC1. The van der Waals surface area contributed by atoms with Gasteiger partial charge in [0.05, 0.1) is 7.14 Å². The van der Waals surface area contributed by atoms with Gasteiger partial charge in [0.15, 0.2) is 0 Å². The van der Waals surface area contributed by atoms with Crippen LogP contribution in [0.1, 0.15) is 33.6 Å². The van der Waals surface area contributed by atoms with E-state index in [2.05, 4.69) is 5.32 Å². The summed E-state index contributed by atoms with van der Waals surface area (Å²) in [6.45, 7) is 3.80. The van der Waals surface area contributed by atoms with Crippen LogP contribution >= 0.6 is 7.14 Å². The molecule has 0 atom stereocenters. The monoisotopic (exact) mass is 323 g/mol. The second kappa shape index (κ2) is 5.99. The lowest BCUT2D eigenvalue weighted by atomic mass is 9.77. The fourth-order valence-electron chi connectivity index (χ4n) is 2.45. The fraction of sp³-hybridized carbons (Fsp3) is 0.429. The van der Waals surface area contributed by atoms with Crippen molar-refractivity contribution in [2.24, 2.45) is 0 Å². The Kier molecular flexibility index (Phi) is 4.61. The van der Waals surface area contributed by atoms with Crippen molar-refractivity contribution in [3.8, 4) is 0 Å². The number of carbonyl (C=O) groups excluding carboxylic acids is 2. The first-order valence-electron chi connectivity index (χ1n) is 6.99. The van der Waals surface area contributed by atoms with Crippen LogP contribution < -0.4 is 10.8 Å². The van der Waals surface area contributed by atoms with E-state index in [0.717, 1.165) is 12.8 Å². The minimum atomic E-state index is -2.28. The molecular weight excluding hydrogens is 304 g/mol. The van der Waals surface area contributed by atoms with Gasteiger partial charge >= 0.3 is 7.12 Å². The average molecular weight is 323 g/mol. The minimum absolute atomic E-state index is 0.0526. The highest BCUT2D eigenvalue weighted by Crippen LogP contribution is 2.65. The Bertz CT molecular complexity index is 651. The molecule has 0 heterocycles. The van der Waals surface area contributed by atoms with Gasteiger partial charge in [-0.25, -0.2) is 0 Å². The Morgan fingerprint density at radius 2 is 2.05 bits per heavy atom. The van der Waals surface area contributed by atoms with Gasteiger partial charge in [-0.3, -0.25) is 9.59 Å². The topological polar surface area (TPSA) is 104 Å². The number of hydrogen-bond donors (Lipinski definition) is 3. The molecule has 1 fully saturated rings. The molecule has 118 valence electrons. The first kappa shape index (κ1) is 16.9. The van der Waals surface area contributed by atoms with Gasteiger partial charge < -0.3 is 19.9 Å². The molecule has 0 radical (unpaired) electrons. The van der Waals surface area contributed by atoms with Gasteiger partial charge in [-0.05, 0) is 43.8 Å². The van der Waals surface area contributed by atoms with Crippen LogP contribution in [0.4, 0.5) is 0 Å². The van der Waals surface area contributed by atoms with Gasteiger partial charge in [-0.2, -0.15) is 0 Å². The molecule has 0 aromatic heterocycles. The summed E-state index contributed by atoms with van der Waals surface area (Å²) in [6, 6.07) is 4.07. The predicted octanol–water partition coefficient (Wildman–Crippen LogP) is 0.0640.